The van der Waals surface area contributed by atoms with E-state index in [9.17, 15) is 0 Å². The monoisotopic (exact) mass is 452 g/mol. The average Bonchev–Trinajstić information content (AvgIpc) is 3.44. The smallest absolute Gasteiger partial charge is 0.191 e. The average molecular weight is 453 g/mol. The van der Waals surface area contributed by atoms with E-state index in [2.05, 4.69) is 51.3 Å². The lowest BCUT2D eigenvalue weighted by atomic mass is 10.1. The number of benzene rings is 2. The Hall–Kier alpha value is -2.84. The minimum absolute atomic E-state index is 0.702. The lowest BCUT2D eigenvalue weighted by Gasteiger charge is -2.10. The predicted molar refractivity (Wildman–Crippen MR) is 125 cm³/mol. The van der Waals surface area contributed by atoms with Gasteiger partial charge in [0.05, 0.1) is 25.5 Å². The van der Waals surface area contributed by atoms with Crippen LogP contribution in [-0.4, -0.2) is 34.0 Å². The molecule has 4 aromatic rings. The molecule has 31 heavy (non-hydrogen) atoms. The van der Waals surface area contributed by atoms with Crippen LogP contribution < -0.4 is 9.47 Å². The number of hydrogen-bond acceptors (Lipinski definition) is 7. The van der Waals surface area contributed by atoms with Gasteiger partial charge in [0.15, 0.2) is 16.7 Å². The van der Waals surface area contributed by atoms with Gasteiger partial charge in [0, 0.05) is 24.1 Å². The van der Waals surface area contributed by atoms with Crippen LogP contribution in [0.25, 0.3) is 10.6 Å². The Morgan fingerprint density at radius 2 is 1.84 bits per heavy atom. The summed E-state index contributed by atoms with van der Waals surface area (Å²) in [4.78, 5) is 4.81. The molecule has 0 aliphatic carbocycles. The van der Waals surface area contributed by atoms with Gasteiger partial charge < -0.3 is 14.0 Å². The van der Waals surface area contributed by atoms with E-state index >= 15 is 0 Å². The summed E-state index contributed by atoms with van der Waals surface area (Å²) in [6, 6.07) is 16.2. The maximum Gasteiger partial charge on any atom is 0.191 e. The Kier molecular flexibility index (Phi) is 6.89. The zero-order valence-corrected chi connectivity index (χ0v) is 19.4. The number of hydrogen-bond donors (Lipinski definition) is 0. The molecule has 0 saturated carbocycles. The SMILES string of the molecule is CCn1c(Cc2ccccc2)nnc1SCc1csc(-c2cccc(OC)c2OC)n1. The Morgan fingerprint density at radius 3 is 2.58 bits per heavy atom. The maximum absolute atomic E-state index is 5.56. The molecule has 0 saturated heterocycles. The van der Waals surface area contributed by atoms with E-state index in [0.717, 1.165) is 46.0 Å². The molecule has 0 N–H and O–H groups in total. The first-order chi connectivity index (χ1) is 15.2. The van der Waals surface area contributed by atoms with Gasteiger partial charge in [0.2, 0.25) is 0 Å². The zero-order chi connectivity index (χ0) is 21.6. The molecule has 2 aromatic heterocycles. The van der Waals surface area contributed by atoms with E-state index in [1.54, 1.807) is 37.3 Å². The van der Waals surface area contributed by atoms with Gasteiger partial charge in [-0.1, -0.05) is 48.2 Å². The molecule has 0 aliphatic heterocycles. The Morgan fingerprint density at radius 1 is 1.00 bits per heavy atom. The van der Waals surface area contributed by atoms with Gasteiger partial charge in [-0.2, -0.15) is 0 Å². The van der Waals surface area contributed by atoms with Gasteiger partial charge >= 0.3 is 0 Å². The standard InChI is InChI=1S/C23H24N4O2S2/c1-4-27-20(13-16-9-6-5-7-10-16)25-26-23(27)31-15-17-14-30-22(24-17)18-11-8-12-19(28-2)21(18)29-3/h5-12,14H,4,13,15H2,1-3H3. The number of aromatic nitrogens is 4. The number of ether oxygens (including phenoxy) is 2. The summed E-state index contributed by atoms with van der Waals surface area (Å²) in [5, 5.41) is 12.8. The highest BCUT2D eigenvalue weighted by Crippen LogP contribution is 2.39. The van der Waals surface area contributed by atoms with Crippen molar-refractivity contribution in [3.63, 3.8) is 0 Å². The number of thioether (sulfide) groups is 1. The fourth-order valence-corrected chi connectivity index (χ4v) is 5.20. The molecular weight excluding hydrogens is 428 g/mol. The quantitative estimate of drug-likeness (QED) is 0.320. The van der Waals surface area contributed by atoms with Crippen molar-refractivity contribution >= 4 is 23.1 Å². The minimum atomic E-state index is 0.702. The van der Waals surface area contributed by atoms with Crippen LogP contribution in [0.2, 0.25) is 0 Å². The Bertz CT molecular complexity index is 1140. The summed E-state index contributed by atoms with van der Waals surface area (Å²) >= 11 is 3.26. The van der Waals surface area contributed by atoms with Crippen LogP contribution in [0.4, 0.5) is 0 Å². The molecule has 8 heteroatoms. The lowest BCUT2D eigenvalue weighted by molar-refractivity contribution is 0.356. The second kappa shape index (κ2) is 9.98. The van der Waals surface area contributed by atoms with E-state index in [1.807, 2.05) is 24.3 Å². The van der Waals surface area contributed by atoms with Crippen LogP contribution in [0.3, 0.4) is 0 Å². The largest absolute Gasteiger partial charge is 0.493 e. The van der Waals surface area contributed by atoms with Crippen LogP contribution in [0.1, 0.15) is 24.0 Å². The molecule has 6 nitrogen and oxygen atoms in total. The molecule has 0 amide bonds. The Balaban J connectivity index is 1.48. The van der Waals surface area contributed by atoms with Gasteiger partial charge in [0.25, 0.3) is 0 Å². The highest BCUT2D eigenvalue weighted by Gasteiger charge is 2.16. The second-order valence-electron chi connectivity index (χ2n) is 6.78. The molecule has 0 fully saturated rings. The van der Waals surface area contributed by atoms with Gasteiger partial charge in [-0.05, 0) is 24.6 Å². The molecule has 2 heterocycles. The lowest BCUT2D eigenvalue weighted by Crippen LogP contribution is -2.04. The van der Waals surface area contributed by atoms with Gasteiger partial charge in [-0.3, -0.25) is 0 Å². The van der Waals surface area contributed by atoms with Crippen molar-refractivity contribution in [2.75, 3.05) is 14.2 Å². The van der Waals surface area contributed by atoms with Crippen LogP contribution >= 0.6 is 23.1 Å². The summed E-state index contributed by atoms with van der Waals surface area (Å²) < 4.78 is 13.1. The van der Waals surface area contributed by atoms with E-state index in [0.29, 0.717) is 11.5 Å². The zero-order valence-electron chi connectivity index (χ0n) is 17.7. The fourth-order valence-electron chi connectivity index (χ4n) is 3.34. The van der Waals surface area contributed by atoms with Crippen molar-refractivity contribution in [1.29, 1.82) is 0 Å². The normalized spacial score (nSPS) is 10.9. The van der Waals surface area contributed by atoms with Gasteiger partial charge in [-0.25, -0.2) is 4.98 Å². The van der Waals surface area contributed by atoms with Crippen LogP contribution in [-0.2, 0) is 18.7 Å². The van der Waals surface area contributed by atoms with Crippen molar-refractivity contribution in [1.82, 2.24) is 19.7 Å². The third-order valence-electron chi connectivity index (χ3n) is 4.85. The molecule has 0 bridgehead atoms. The van der Waals surface area contributed by atoms with Crippen molar-refractivity contribution < 1.29 is 9.47 Å². The fraction of sp³-hybridized carbons (Fsp3) is 0.261. The molecule has 0 atom stereocenters. The summed E-state index contributed by atoms with van der Waals surface area (Å²) in [6.07, 6.45) is 0.777. The number of para-hydroxylation sites is 1. The number of thiazole rings is 1. The molecule has 0 spiro atoms. The highest BCUT2D eigenvalue weighted by atomic mass is 32.2. The third kappa shape index (κ3) is 4.75. The molecule has 2 aromatic carbocycles. The van der Waals surface area contributed by atoms with Crippen molar-refractivity contribution in [3.8, 4) is 22.1 Å². The molecule has 0 aliphatic rings. The van der Waals surface area contributed by atoms with Crippen molar-refractivity contribution in [2.24, 2.45) is 0 Å². The first-order valence-corrected chi connectivity index (χ1v) is 11.8. The van der Waals surface area contributed by atoms with Gasteiger partial charge in [0.1, 0.15) is 10.8 Å². The minimum Gasteiger partial charge on any atom is -0.493 e. The van der Waals surface area contributed by atoms with Crippen molar-refractivity contribution in [2.45, 2.75) is 30.8 Å². The third-order valence-corrected chi connectivity index (χ3v) is 6.77. The topological polar surface area (TPSA) is 62.1 Å². The van der Waals surface area contributed by atoms with Crippen LogP contribution in [0.15, 0.2) is 59.1 Å². The number of methoxy groups -OCH3 is 2. The van der Waals surface area contributed by atoms with E-state index in [1.165, 1.54) is 5.56 Å². The molecule has 0 radical (unpaired) electrons. The summed E-state index contributed by atoms with van der Waals surface area (Å²) in [5.74, 6) is 3.12. The summed E-state index contributed by atoms with van der Waals surface area (Å²) in [7, 11) is 3.29. The van der Waals surface area contributed by atoms with E-state index in [-0.39, 0.29) is 0 Å². The molecule has 4 rings (SSSR count). The maximum atomic E-state index is 5.56. The van der Waals surface area contributed by atoms with E-state index < -0.39 is 0 Å². The molecular formula is C23H24N4O2S2. The first kappa shape index (κ1) is 21.4. The summed E-state index contributed by atoms with van der Waals surface area (Å²) in [5.41, 5.74) is 3.17. The number of rotatable bonds is 9. The molecule has 160 valence electrons. The van der Waals surface area contributed by atoms with Gasteiger partial charge in [-0.15, -0.1) is 21.5 Å². The van der Waals surface area contributed by atoms with Crippen LogP contribution in [0.5, 0.6) is 11.5 Å². The Labute approximate surface area is 190 Å². The summed E-state index contributed by atoms with van der Waals surface area (Å²) in [6.45, 7) is 2.96. The first-order valence-electron chi connectivity index (χ1n) is 9.98. The molecule has 0 unspecified atom stereocenters. The van der Waals surface area contributed by atoms with E-state index in [4.69, 9.17) is 14.5 Å². The van der Waals surface area contributed by atoms with Crippen LogP contribution in [0, 0.1) is 0 Å². The highest BCUT2D eigenvalue weighted by molar-refractivity contribution is 7.98. The predicted octanol–water partition coefficient (Wildman–Crippen LogP) is 5.32. The second-order valence-corrected chi connectivity index (χ2v) is 8.58. The number of nitrogens with zero attached hydrogens (tertiary/aromatic N) is 4. The van der Waals surface area contributed by atoms with Crippen molar-refractivity contribution in [3.05, 3.63) is 71.0 Å².